The van der Waals surface area contributed by atoms with Crippen LogP contribution in [-0.4, -0.2) is 28.8 Å². The lowest BCUT2D eigenvalue weighted by atomic mass is 10.2. The SMILES string of the molecule is NC(C=CCCO)C(=O)O. The standard InChI is InChI=1S/C6H11NO3/c7-5(6(9)10)3-1-2-4-8/h1,3,5,8H,2,4,7H2,(H,9,10). The highest BCUT2D eigenvalue weighted by molar-refractivity contribution is 5.75. The van der Waals surface area contributed by atoms with Crippen molar-refractivity contribution in [2.45, 2.75) is 12.5 Å². The van der Waals surface area contributed by atoms with Crippen LogP contribution in [0.3, 0.4) is 0 Å². The Morgan fingerprint density at radius 1 is 1.70 bits per heavy atom. The molecule has 1 unspecified atom stereocenters. The fraction of sp³-hybridized carbons (Fsp3) is 0.500. The molecule has 4 heteroatoms. The highest BCUT2D eigenvalue weighted by Gasteiger charge is 2.04. The van der Waals surface area contributed by atoms with Gasteiger partial charge in [-0.3, -0.25) is 4.79 Å². The van der Waals surface area contributed by atoms with Crippen molar-refractivity contribution in [1.29, 1.82) is 0 Å². The van der Waals surface area contributed by atoms with Gasteiger partial charge in [0.05, 0.1) is 0 Å². The van der Waals surface area contributed by atoms with Gasteiger partial charge in [0.2, 0.25) is 0 Å². The summed E-state index contributed by atoms with van der Waals surface area (Å²) in [6.45, 7) is 0.0167. The fourth-order valence-corrected chi connectivity index (χ4v) is 0.400. The second-order valence-electron chi connectivity index (χ2n) is 1.80. The summed E-state index contributed by atoms with van der Waals surface area (Å²) in [6, 6.07) is -0.952. The number of hydrogen-bond donors (Lipinski definition) is 3. The number of carboxylic acids is 1. The molecular formula is C6H11NO3. The molecule has 0 aromatic rings. The molecule has 0 heterocycles. The number of rotatable bonds is 4. The zero-order valence-corrected chi connectivity index (χ0v) is 5.53. The second-order valence-corrected chi connectivity index (χ2v) is 1.80. The maximum absolute atomic E-state index is 10.1. The van der Waals surface area contributed by atoms with Gasteiger partial charge >= 0.3 is 5.97 Å². The summed E-state index contributed by atoms with van der Waals surface area (Å²) in [4.78, 5) is 10.1. The molecule has 4 N–H and O–H groups in total. The Hall–Kier alpha value is -0.870. The summed E-state index contributed by atoms with van der Waals surface area (Å²) in [5, 5.41) is 16.5. The van der Waals surface area contributed by atoms with E-state index in [1.54, 1.807) is 6.08 Å². The molecule has 10 heavy (non-hydrogen) atoms. The number of carboxylic acid groups (broad SMARTS) is 1. The number of hydrogen-bond acceptors (Lipinski definition) is 3. The first-order chi connectivity index (χ1) is 4.68. The van der Waals surface area contributed by atoms with Crippen LogP contribution in [0.4, 0.5) is 0 Å². The van der Waals surface area contributed by atoms with Crippen molar-refractivity contribution in [2.75, 3.05) is 6.61 Å². The van der Waals surface area contributed by atoms with Crippen LogP contribution in [0.25, 0.3) is 0 Å². The number of aliphatic hydroxyl groups excluding tert-OH is 1. The molecule has 0 saturated heterocycles. The highest BCUT2D eigenvalue weighted by Crippen LogP contribution is 1.85. The van der Waals surface area contributed by atoms with Crippen molar-refractivity contribution in [3.8, 4) is 0 Å². The summed E-state index contributed by atoms with van der Waals surface area (Å²) in [5.74, 6) is -1.06. The van der Waals surface area contributed by atoms with E-state index >= 15 is 0 Å². The zero-order valence-electron chi connectivity index (χ0n) is 5.53. The van der Waals surface area contributed by atoms with E-state index in [0.717, 1.165) is 0 Å². The third kappa shape index (κ3) is 4.05. The monoisotopic (exact) mass is 145 g/mol. The quantitative estimate of drug-likeness (QED) is 0.458. The van der Waals surface area contributed by atoms with Gasteiger partial charge < -0.3 is 15.9 Å². The Balaban J connectivity index is 3.55. The fourth-order valence-electron chi connectivity index (χ4n) is 0.400. The summed E-state index contributed by atoms with van der Waals surface area (Å²) < 4.78 is 0. The van der Waals surface area contributed by atoms with E-state index in [1.807, 2.05) is 0 Å². The molecule has 0 rings (SSSR count). The van der Waals surface area contributed by atoms with Gasteiger partial charge in [0.1, 0.15) is 6.04 Å². The van der Waals surface area contributed by atoms with Crippen LogP contribution in [-0.2, 0) is 4.79 Å². The first kappa shape index (κ1) is 9.13. The van der Waals surface area contributed by atoms with E-state index in [2.05, 4.69) is 0 Å². The van der Waals surface area contributed by atoms with Gasteiger partial charge in [-0.1, -0.05) is 12.2 Å². The van der Waals surface area contributed by atoms with E-state index in [9.17, 15) is 4.79 Å². The largest absolute Gasteiger partial charge is 0.480 e. The summed E-state index contributed by atoms with van der Waals surface area (Å²) >= 11 is 0. The Kier molecular flexibility index (Phi) is 4.53. The molecule has 4 nitrogen and oxygen atoms in total. The van der Waals surface area contributed by atoms with E-state index in [4.69, 9.17) is 15.9 Å². The molecule has 0 aromatic carbocycles. The molecule has 0 spiro atoms. The molecule has 0 aliphatic rings. The lowest BCUT2D eigenvalue weighted by molar-refractivity contribution is -0.137. The number of aliphatic hydroxyl groups is 1. The summed E-state index contributed by atoms with van der Waals surface area (Å²) in [6.07, 6.45) is 3.33. The lowest BCUT2D eigenvalue weighted by Gasteiger charge is -1.96. The highest BCUT2D eigenvalue weighted by atomic mass is 16.4. The van der Waals surface area contributed by atoms with Gasteiger partial charge in [0.25, 0.3) is 0 Å². The summed E-state index contributed by atoms with van der Waals surface area (Å²) in [7, 11) is 0. The minimum Gasteiger partial charge on any atom is -0.480 e. The third-order valence-corrected chi connectivity index (χ3v) is 0.924. The third-order valence-electron chi connectivity index (χ3n) is 0.924. The lowest BCUT2D eigenvalue weighted by Crippen LogP contribution is -2.27. The van der Waals surface area contributed by atoms with Crippen LogP contribution in [0.2, 0.25) is 0 Å². The van der Waals surface area contributed by atoms with Gasteiger partial charge in [-0.2, -0.15) is 0 Å². The first-order valence-corrected chi connectivity index (χ1v) is 2.94. The van der Waals surface area contributed by atoms with Gasteiger partial charge in [-0.15, -0.1) is 0 Å². The van der Waals surface area contributed by atoms with Crippen LogP contribution in [0.5, 0.6) is 0 Å². The van der Waals surface area contributed by atoms with Crippen molar-refractivity contribution >= 4 is 5.97 Å². The van der Waals surface area contributed by atoms with Crippen molar-refractivity contribution in [2.24, 2.45) is 5.73 Å². The maximum atomic E-state index is 10.1. The van der Waals surface area contributed by atoms with Crippen molar-refractivity contribution in [3.63, 3.8) is 0 Å². The van der Waals surface area contributed by atoms with Crippen LogP contribution in [0.15, 0.2) is 12.2 Å². The van der Waals surface area contributed by atoms with Crippen molar-refractivity contribution in [1.82, 2.24) is 0 Å². The predicted octanol–water partition coefficient (Wildman–Crippen LogP) is -0.663. The average molecular weight is 145 g/mol. The maximum Gasteiger partial charge on any atom is 0.324 e. The van der Waals surface area contributed by atoms with Crippen LogP contribution < -0.4 is 5.73 Å². The smallest absolute Gasteiger partial charge is 0.324 e. The molecule has 0 fully saturated rings. The van der Waals surface area contributed by atoms with E-state index < -0.39 is 12.0 Å². The zero-order chi connectivity index (χ0) is 7.98. The molecule has 0 bridgehead atoms. The average Bonchev–Trinajstić information content (AvgIpc) is 1.88. The molecule has 0 radical (unpaired) electrons. The van der Waals surface area contributed by atoms with E-state index in [-0.39, 0.29) is 6.61 Å². The molecule has 0 aliphatic carbocycles. The van der Waals surface area contributed by atoms with Gasteiger partial charge in [0, 0.05) is 6.61 Å². The van der Waals surface area contributed by atoms with Gasteiger partial charge in [-0.25, -0.2) is 0 Å². The number of carbonyl (C=O) groups is 1. The minimum absolute atomic E-state index is 0.0167. The molecule has 58 valence electrons. The molecular weight excluding hydrogens is 134 g/mol. The summed E-state index contributed by atoms with van der Waals surface area (Å²) in [5.41, 5.74) is 5.09. The molecule has 1 atom stereocenters. The van der Waals surface area contributed by atoms with E-state index in [1.165, 1.54) is 6.08 Å². The van der Waals surface area contributed by atoms with E-state index in [0.29, 0.717) is 6.42 Å². The number of nitrogens with two attached hydrogens (primary N) is 1. The second kappa shape index (κ2) is 4.96. The first-order valence-electron chi connectivity index (χ1n) is 2.94. The topological polar surface area (TPSA) is 83.5 Å². The molecule has 0 amide bonds. The van der Waals surface area contributed by atoms with Crippen LogP contribution >= 0.6 is 0 Å². The number of aliphatic carboxylic acids is 1. The molecule has 0 aromatic heterocycles. The van der Waals surface area contributed by atoms with Gasteiger partial charge in [-0.05, 0) is 6.42 Å². The van der Waals surface area contributed by atoms with Crippen LogP contribution in [0.1, 0.15) is 6.42 Å². The molecule has 0 aliphatic heterocycles. The van der Waals surface area contributed by atoms with Crippen LogP contribution in [0, 0.1) is 0 Å². The Bertz CT molecular complexity index is 133. The Labute approximate surface area is 59.0 Å². The van der Waals surface area contributed by atoms with Crippen molar-refractivity contribution in [3.05, 3.63) is 12.2 Å². The predicted molar refractivity (Wildman–Crippen MR) is 36.5 cm³/mol. The normalized spacial score (nSPS) is 13.8. The van der Waals surface area contributed by atoms with Gasteiger partial charge in [0.15, 0.2) is 0 Å². The Morgan fingerprint density at radius 2 is 2.30 bits per heavy atom. The van der Waals surface area contributed by atoms with Crippen molar-refractivity contribution < 1.29 is 15.0 Å². The minimum atomic E-state index is -1.06. The Morgan fingerprint density at radius 3 is 2.70 bits per heavy atom. The molecule has 0 saturated carbocycles.